The van der Waals surface area contributed by atoms with E-state index in [4.69, 9.17) is 4.74 Å². The van der Waals surface area contributed by atoms with E-state index in [9.17, 15) is 41.5 Å². The molecule has 1 aliphatic heterocycles. The third kappa shape index (κ3) is 7.57. The lowest BCUT2D eigenvalue weighted by molar-refractivity contribution is -0.408. The number of nitrogens with zero attached hydrogens (tertiary/aromatic N) is 1. The number of rotatable bonds is 10. The molecule has 2 amide bonds. The van der Waals surface area contributed by atoms with Crippen molar-refractivity contribution in [3.63, 3.8) is 0 Å². The summed E-state index contributed by atoms with van der Waals surface area (Å²) in [5.74, 6) is -5.93. The Morgan fingerprint density at radius 3 is 2.49 bits per heavy atom. The summed E-state index contributed by atoms with van der Waals surface area (Å²) in [6, 6.07) is 4.96. The zero-order chi connectivity index (χ0) is 30.5. The van der Waals surface area contributed by atoms with Crippen LogP contribution >= 0.6 is 0 Å². The summed E-state index contributed by atoms with van der Waals surface area (Å²) >= 11 is 0. The van der Waals surface area contributed by atoms with Gasteiger partial charge in [0.2, 0.25) is 11.8 Å². The molecular formula is C26H27F4N4O7+. The Hall–Kier alpha value is -4.53. The average Bonchev–Trinajstić information content (AvgIpc) is 3.37. The van der Waals surface area contributed by atoms with Crippen LogP contribution in [0.4, 0.5) is 28.9 Å². The highest BCUT2D eigenvalue weighted by atomic mass is 19.4. The second-order valence-corrected chi connectivity index (χ2v) is 9.16. The molecule has 2 aromatic rings. The fraction of sp³-hybridized carbons (Fsp3) is 0.346. The molecule has 0 spiro atoms. The predicted octanol–water partition coefficient (Wildman–Crippen LogP) is 1.85. The molecule has 41 heavy (non-hydrogen) atoms. The smallest absolute Gasteiger partial charge is 0.465 e. The van der Waals surface area contributed by atoms with E-state index in [1.165, 1.54) is 32.2 Å². The topological polar surface area (TPSA) is 159 Å². The van der Waals surface area contributed by atoms with Crippen molar-refractivity contribution >= 4 is 41.2 Å². The number of amides is 2. The van der Waals surface area contributed by atoms with Gasteiger partial charge in [0, 0.05) is 30.6 Å². The van der Waals surface area contributed by atoms with Crippen LogP contribution in [0.5, 0.6) is 5.75 Å². The number of alkyl halides is 3. The minimum absolute atomic E-state index is 0.115. The van der Waals surface area contributed by atoms with Gasteiger partial charge in [0.25, 0.3) is 0 Å². The number of esters is 1. The van der Waals surface area contributed by atoms with E-state index in [1.807, 2.05) is 0 Å². The van der Waals surface area contributed by atoms with Crippen LogP contribution < -0.4 is 21.1 Å². The largest absolute Gasteiger partial charge is 0.573 e. The number of Topliss-reactive ketones (excluding diaryl/α,β-unsaturated/α-hetero) is 1. The van der Waals surface area contributed by atoms with Gasteiger partial charge in [-0.2, -0.15) is 0 Å². The standard InChI is InChI=1S/C26H26F4N4O7/c1-13(36)23(31)16-7-6-15(25(39)40-2)9-18(16)32-10-21(37)34-11-14(12-35)8-19(34)24(38)33-17-4-3-5-20(22(17)27)41-26(28,29)30/h3-7,9,12,14,19,23,32H,8,10-11,31H2,1-2H3,(H,33,38)/p+1. The molecule has 0 aliphatic carbocycles. The summed E-state index contributed by atoms with van der Waals surface area (Å²) in [4.78, 5) is 62.7. The quantitative estimate of drug-likeness (QED) is 0.217. The fourth-order valence-corrected chi connectivity index (χ4v) is 4.27. The third-order valence-electron chi connectivity index (χ3n) is 6.37. The highest BCUT2D eigenvalue weighted by Gasteiger charge is 2.40. The molecular weight excluding hydrogens is 556 g/mol. The molecule has 5 N–H and O–H groups in total. The average molecular weight is 584 g/mol. The Morgan fingerprint density at radius 2 is 1.88 bits per heavy atom. The van der Waals surface area contributed by atoms with Crippen LogP contribution in [0.3, 0.4) is 0 Å². The lowest BCUT2D eigenvalue weighted by Gasteiger charge is -2.25. The van der Waals surface area contributed by atoms with Crippen molar-refractivity contribution < 1.29 is 56.7 Å². The zero-order valence-corrected chi connectivity index (χ0v) is 21.9. The summed E-state index contributed by atoms with van der Waals surface area (Å²) in [6.45, 7) is 0.727. The summed E-state index contributed by atoms with van der Waals surface area (Å²) < 4.78 is 60.6. The molecule has 1 heterocycles. The van der Waals surface area contributed by atoms with E-state index in [0.717, 1.165) is 23.1 Å². The summed E-state index contributed by atoms with van der Waals surface area (Å²) in [5, 5.41) is 4.99. The molecule has 11 nitrogen and oxygen atoms in total. The van der Waals surface area contributed by atoms with E-state index < -0.39 is 65.9 Å². The first-order valence-electron chi connectivity index (χ1n) is 12.1. The second-order valence-electron chi connectivity index (χ2n) is 9.16. The minimum Gasteiger partial charge on any atom is -0.465 e. The highest BCUT2D eigenvalue weighted by molar-refractivity contribution is 5.99. The number of carbonyl (C=O) groups excluding carboxylic acids is 5. The lowest BCUT2D eigenvalue weighted by Crippen LogP contribution is -2.57. The molecule has 0 saturated carbocycles. The van der Waals surface area contributed by atoms with Crippen molar-refractivity contribution in [2.45, 2.75) is 31.8 Å². The number of anilines is 2. The first kappa shape index (κ1) is 31.0. The van der Waals surface area contributed by atoms with Gasteiger partial charge in [0.05, 0.1) is 24.9 Å². The van der Waals surface area contributed by atoms with Crippen molar-refractivity contribution in [2.75, 3.05) is 30.8 Å². The Kier molecular flexibility index (Phi) is 9.65. The third-order valence-corrected chi connectivity index (χ3v) is 6.37. The maximum absolute atomic E-state index is 14.6. The molecule has 1 fully saturated rings. The van der Waals surface area contributed by atoms with E-state index in [2.05, 4.69) is 21.1 Å². The number of nitrogens with one attached hydrogen (secondary N) is 2. The molecule has 2 aromatic carbocycles. The van der Waals surface area contributed by atoms with Gasteiger partial charge in [-0.3, -0.25) is 14.4 Å². The molecule has 1 aliphatic rings. The SMILES string of the molecule is COC(=O)c1ccc(C([NH3+])C(C)=O)c(NCC(=O)N2CC(C=O)CC2C(=O)Nc2cccc(OC(F)(F)F)c2F)c1. The molecule has 3 rings (SSSR count). The number of quaternary nitrogens is 1. The number of methoxy groups -OCH3 is 1. The van der Waals surface area contributed by atoms with Gasteiger partial charge < -0.3 is 35.5 Å². The minimum atomic E-state index is -5.17. The Bertz CT molecular complexity index is 1350. The van der Waals surface area contributed by atoms with Crippen LogP contribution in [0.1, 0.15) is 35.3 Å². The normalized spacial score (nSPS) is 17.4. The molecule has 0 radical (unpaired) electrons. The van der Waals surface area contributed by atoms with Crippen LogP contribution in [0.2, 0.25) is 0 Å². The van der Waals surface area contributed by atoms with Gasteiger partial charge in [0.1, 0.15) is 12.3 Å². The molecule has 0 aromatic heterocycles. The zero-order valence-electron chi connectivity index (χ0n) is 21.9. The number of hydrogen-bond donors (Lipinski definition) is 3. The van der Waals surface area contributed by atoms with Crippen molar-refractivity contribution in [3.8, 4) is 5.75 Å². The Balaban J connectivity index is 1.81. The molecule has 3 unspecified atom stereocenters. The van der Waals surface area contributed by atoms with Gasteiger partial charge in [-0.15, -0.1) is 13.2 Å². The van der Waals surface area contributed by atoms with Gasteiger partial charge in [-0.25, -0.2) is 9.18 Å². The number of ketones is 1. The summed E-state index contributed by atoms with van der Waals surface area (Å²) in [6.07, 6.45) is -4.73. The van der Waals surface area contributed by atoms with Crippen LogP contribution in [0.15, 0.2) is 36.4 Å². The van der Waals surface area contributed by atoms with Crippen molar-refractivity contribution in [2.24, 2.45) is 5.92 Å². The van der Waals surface area contributed by atoms with Crippen molar-refractivity contribution in [3.05, 3.63) is 53.3 Å². The molecule has 1 saturated heterocycles. The molecule has 220 valence electrons. The van der Waals surface area contributed by atoms with Gasteiger partial charge >= 0.3 is 12.3 Å². The molecule has 0 bridgehead atoms. The Labute approximate surface area is 230 Å². The van der Waals surface area contributed by atoms with Gasteiger partial charge in [-0.1, -0.05) is 6.07 Å². The van der Waals surface area contributed by atoms with Crippen LogP contribution in [-0.2, 0) is 23.9 Å². The van der Waals surface area contributed by atoms with E-state index in [-0.39, 0.29) is 30.0 Å². The molecule has 15 heteroatoms. The first-order valence-corrected chi connectivity index (χ1v) is 12.1. The lowest BCUT2D eigenvalue weighted by atomic mass is 10.00. The van der Waals surface area contributed by atoms with Crippen LogP contribution in [0, 0.1) is 11.7 Å². The summed E-state index contributed by atoms with van der Waals surface area (Å²) in [7, 11) is 1.18. The number of benzene rings is 2. The number of ether oxygens (including phenoxy) is 2. The number of hydrogen-bond acceptors (Lipinski definition) is 8. The maximum Gasteiger partial charge on any atom is 0.573 e. The van der Waals surface area contributed by atoms with Crippen LogP contribution in [-0.4, -0.2) is 67.4 Å². The second kappa shape index (κ2) is 12.8. The number of aldehydes is 1. The van der Waals surface area contributed by atoms with Crippen molar-refractivity contribution in [1.82, 2.24) is 4.90 Å². The van der Waals surface area contributed by atoms with Crippen molar-refractivity contribution in [1.29, 1.82) is 0 Å². The first-order chi connectivity index (χ1) is 19.2. The number of likely N-dealkylation sites (tertiary alicyclic amines) is 1. The Morgan fingerprint density at radius 1 is 1.17 bits per heavy atom. The predicted molar refractivity (Wildman–Crippen MR) is 134 cm³/mol. The molecule has 3 atom stereocenters. The van der Waals surface area contributed by atoms with E-state index >= 15 is 0 Å². The van der Waals surface area contributed by atoms with E-state index in [0.29, 0.717) is 11.8 Å². The number of halogens is 4. The fourth-order valence-electron chi connectivity index (χ4n) is 4.27. The maximum atomic E-state index is 14.6. The monoisotopic (exact) mass is 583 g/mol. The highest BCUT2D eigenvalue weighted by Crippen LogP contribution is 2.31. The van der Waals surface area contributed by atoms with Gasteiger partial charge in [0.15, 0.2) is 23.4 Å². The van der Waals surface area contributed by atoms with Gasteiger partial charge in [-0.05, 0) is 36.8 Å². The number of carbonyl (C=O) groups is 5. The van der Waals surface area contributed by atoms with E-state index in [1.54, 1.807) is 0 Å². The summed E-state index contributed by atoms with van der Waals surface area (Å²) in [5.41, 5.74) is 3.92. The van der Waals surface area contributed by atoms with Crippen LogP contribution in [0.25, 0.3) is 0 Å².